The van der Waals surface area contributed by atoms with E-state index in [2.05, 4.69) is 5.32 Å². The molecule has 0 spiro atoms. The van der Waals surface area contributed by atoms with Gasteiger partial charge in [0.2, 0.25) is 0 Å². The number of hydrogen-bond donors (Lipinski definition) is 3. The highest BCUT2D eigenvalue weighted by Crippen LogP contribution is 2.36. The van der Waals surface area contributed by atoms with Crippen LogP contribution in [0.1, 0.15) is 20.0 Å². The summed E-state index contributed by atoms with van der Waals surface area (Å²) in [5.74, 6) is -0.913. The molecule has 0 bridgehead atoms. The van der Waals surface area contributed by atoms with Crippen LogP contribution in [0.5, 0.6) is 0 Å². The Kier molecular flexibility index (Phi) is 3.59. The second-order valence-corrected chi connectivity index (χ2v) is 4.75. The Morgan fingerprint density at radius 3 is 2.40 bits per heavy atom. The van der Waals surface area contributed by atoms with Crippen molar-refractivity contribution in [3.05, 3.63) is 10.4 Å². The van der Waals surface area contributed by atoms with E-state index in [0.717, 1.165) is 0 Å². The van der Waals surface area contributed by atoms with E-state index in [4.69, 9.17) is 11.5 Å². The molecule has 0 saturated heterocycles. The SMILES string of the molecule is CNC(=O)c1sc(SC)c(C(N)=O)c1N. The summed E-state index contributed by atoms with van der Waals surface area (Å²) in [6.07, 6.45) is 1.80. The summed E-state index contributed by atoms with van der Waals surface area (Å²) >= 11 is 2.52. The van der Waals surface area contributed by atoms with Gasteiger partial charge in [-0.3, -0.25) is 9.59 Å². The lowest BCUT2D eigenvalue weighted by molar-refractivity contribution is 0.0967. The minimum Gasteiger partial charge on any atom is -0.397 e. The molecule has 15 heavy (non-hydrogen) atoms. The lowest BCUT2D eigenvalue weighted by atomic mass is 10.2. The van der Waals surface area contributed by atoms with Crippen LogP contribution in [0.3, 0.4) is 0 Å². The van der Waals surface area contributed by atoms with Crippen LogP contribution < -0.4 is 16.8 Å². The number of nitrogens with one attached hydrogen (secondary N) is 1. The molecule has 0 unspecified atom stereocenters. The Bertz CT molecular complexity index is 414. The first kappa shape index (κ1) is 11.9. The molecule has 0 aromatic carbocycles. The Morgan fingerprint density at radius 2 is 2.07 bits per heavy atom. The molecule has 5 N–H and O–H groups in total. The fourth-order valence-corrected chi connectivity index (χ4v) is 2.98. The van der Waals surface area contributed by atoms with E-state index < -0.39 is 5.91 Å². The molecule has 2 amide bonds. The van der Waals surface area contributed by atoms with Crippen molar-refractivity contribution in [2.45, 2.75) is 4.21 Å². The molecule has 82 valence electrons. The minimum atomic E-state index is -0.608. The quantitative estimate of drug-likeness (QED) is 0.676. The van der Waals surface area contributed by atoms with E-state index in [0.29, 0.717) is 9.09 Å². The van der Waals surface area contributed by atoms with Crippen molar-refractivity contribution in [1.82, 2.24) is 5.32 Å². The second-order valence-electron chi connectivity index (χ2n) is 2.65. The fraction of sp³-hybridized carbons (Fsp3) is 0.250. The molecule has 0 fully saturated rings. The highest BCUT2D eigenvalue weighted by molar-refractivity contribution is 8.00. The number of hydrogen-bond acceptors (Lipinski definition) is 5. The highest BCUT2D eigenvalue weighted by atomic mass is 32.2. The van der Waals surface area contributed by atoms with E-state index in [1.165, 1.54) is 30.1 Å². The molecule has 0 aliphatic rings. The number of primary amides is 1. The van der Waals surface area contributed by atoms with E-state index in [9.17, 15) is 9.59 Å². The van der Waals surface area contributed by atoms with E-state index in [-0.39, 0.29) is 17.2 Å². The van der Waals surface area contributed by atoms with Gasteiger partial charge in [0.1, 0.15) is 4.88 Å². The summed E-state index contributed by atoms with van der Waals surface area (Å²) in [6, 6.07) is 0. The maximum Gasteiger partial charge on any atom is 0.263 e. The Morgan fingerprint density at radius 1 is 1.47 bits per heavy atom. The van der Waals surface area contributed by atoms with Gasteiger partial charge in [-0.05, 0) is 6.26 Å². The molecular weight excluding hydrogens is 234 g/mol. The first-order chi connectivity index (χ1) is 7.02. The largest absolute Gasteiger partial charge is 0.397 e. The highest BCUT2D eigenvalue weighted by Gasteiger charge is 2.22. The topological polar surface area (TPSA) is 98.2 Å². The monoisotopic (exact) mass is 245 g/mol. The van der Waals surface area contributed by atoms with Crippen LogP contribution in [-0.2, 0) is 0 Å². The van der Waals surface area contributed by atoms with Crippen molar-refractivity contribution in [2.75, 3.05) is 19.0 Å². The summed E-state index contributed by atoms with van der Waals surface area (Å²) in [5.41, 5.74) is 11.3. The number of nitrogens with two attached hydrogens (primary N) is 2. The lowest BCUT2D eigenvalue weighted by Crippen LogP contribution is -2.19. The molecule has 0 atom stereocenters. The zero-order valence-corrected chi connectivity index (χ0v) is 9.92. The van der Waals surface area contributed by atoms with Gasteiger partial charge < -0.3 is 16.8 Å². The molecule has 1 aromatic heterocycles. The van der Waals surface area contributed by atoms with Crippen LogP contribution in [0, 0.1) is 0 Å². The molecule has 1 aromatic rings. The maximum atomic E-state index is 11.4. The normalized spacial score (nSPS) is 10.0. The number of carbonyl (C=O) groups excluding carboxylic acids is 2. The smallest absolute Gasteiger partial charge is 0.263 e. The number of rotatable bonds is 3. The lowest BCUT2D eigenvalue weighted by Gasteiger charge is -1.98. The summed E-state index contributed by atoms with van der Waals surface area (Å²) in [5, 5.41) is 2.46. The van der Waals surface area contributed by atoms with Gasteiger partial charge in [-0.2, -0.15) is 0 Å². The van der Waals surface area contributed by atoms with Crippen molar-refractivity contribution in [3.8, 4) is 0 Å². The van der Waals surface area contributed by atoms with Gasteiger partial charge in [-0.15, -0.1) is 23.1 Å². The average Bonchev–Trinajstić information content (AvgIpc) is 2.54. The van der Waals surface area contributed by atoms with Gasteiger partial charge in [0.05, 0.1) is 15.5 Å². The number of thioether (sulfide) groups is 1. The van der Waals surface area contributed by atoms with Crippen molar-refractivity contribution in [3.63, 3.8) is 0 Å². The van der Waals surface area contributed by atoms with E-state index >= 15 is 0 Å². The van der Waals surface area contributed by atoms with Gasteiger partial charge >= 0.3 is 0 Å². The zero-order chi connectivity index (χ0) is 11.6. The number of anilines is 1. The molecule has 0 aliphatic heterocycles. The molecule has 5 nitrogen and oxygen atoms in total. The summed E-state index contributed by atoms with van der Waals surface area (Å²) < 4.78 is 0.665. The molecule has 7 heteroatoms. The Labute approximate surface area is 95.2 Å². The Balaban J connectivity index is 3.34. The van der Waals surface area contributed by atoms with Gasteiger partial charge in [0.15, 0.2) is 0 Å². The van der Waals surface area contributed by atoms with Crippen molar-refractivity contribution >= 4 is 40.6 Å². The first-order valence-electron chi connectivity index (χ1n) is 4.01. The number of thiophene rings is 1. The minimum absolute atomic E-state index is 0.163. The number of carbonyl (C=O) groups is 2. The van der Waals surface area contributed by atoms with Crippen molar-refractivity contribution < 1.29 is 9.59 Å². The van der Waals surface area contributed by atoms with Crippen LogP contribution in [-0.4, -0.2) is 25.1 Å². The standard InChI is InChI=1S/C8H11N3O2S2/c1-11-7(13)5-4(9)3(6(10)12)8(14-2)15-5/h9H2,1-2H3,(H2,10,12)(H,11,13). The third-order valence-corrected chi connectivity index (χ3v) is 4.10. The summed E-state index contributed by atoms with van der Waals surface area (Å²) in [7, 11) is 1.50. The van der Waals surface area contributed by atoms with Gasteiger partial charge in [-0.25, -0.2) is 0 Å². The predicted molar refractivity (Wildman–Crippen MR) is 62.4 cm³/mol. The van der Waals surface area contributed by atoms with Crippen LogP contribution in [0.25, 0.3) is 0 Å². The zero-order valence-electron chi connectivity index (χ0n) is 8.29. The molecule has 0 radical (unpaired) electrons. The van der Waals surface area contributed by atoms with E-state index in [1.807, 2.05) is 0 Å². The maximum absolute atomic E-state index is 11.4. The first-order valence-corrected chi connectivity index (χ1v) is 6.05. The third-order valence-electron chi connectivity index (χ3n) is 1.78. The van der Waals surface area contributed by atoms with Crippen molar-refractivity contribution in [1.29, 1.82) is 0 Å². The number of nitrogen functional groups attached to an aromatic ring is 1. The third kappa shape index (κ3) is 2.07. The van der Waals surface area contributed by atoms with Gasteiger partial charge in [0.25, 0.3) is 11.8 Å². The second kappa shape index (κ2) is 4.54. The average molecular weight is 245 g/mol. The van der Waals surface area contributed by atoms with Gasteiger partial charge in [-0.1, -0.05) is 0 Å². The fourth-order valence-electron chi connectivity index (χ4n) is 1.08. The molecular formula is C8H11N3O2S2. The van der Waals surface area contributed by atoms with E-state index in [1.54, 1.807) is 6.26 Å². The number of amides is 2. The predicted octanol–water partition coefficient (Wildman–Crippen LogP) is 0.511. The van der Waals surface area contributed by atoms with Crippen molar-refractivity contribution in [2.24, 2.45) is 5.73 Å². The molecule has 1 rings (SSSR count). The van der Waals surface area contributed by atoms with Gasteiger partial charge in [0, 0.05) is 7.05 Å². The van der Waals surface area contributed by atoms with Crippen LogP contribution in [0.4, 0.5) is 5.69 Å². The molecule has 0 aliphatic carbocycles. The van der Waals surface area contributed by atoms with Crippen LogP contribution >= 0.6 is 23.1 Å². The summed E-state index contributed by atoms with van der Waals surface area (Å²) in [4.78, 5) is 22.9. The Hall–Kier alpha value is -1.21. The van der Waals surface area contributed by atoms with Crippen LogP contribution in [0.15, 0.2) is 4.21 Å². The summed E-state index contributed by atoms with van der Waals surface area (Å²) in [6.45, 7) is 0. The van der Waals surface area contributed by atoms with Crippen LogP contribution in [0.2, 0.25) is 0 Å². The molecule has 0 saturated carbocycles. The molecule has 1 heterocycles.